The summed E-state index contributed by atoms with van der Waals surface area (Å²) in [6.45, 7) is 4.03. The Morgan fingerprint density at radius 1 is 1.15 bits per heavy atom. The number of hydrogen-bond acceptors (Lipinski definition) is 4. The monoisotopic (exact) mass is 376 g/mol. The van der Waals surface area contributed by atoms with E-state index < -0.39 is 10.0 Å². The fraction of sp³-hybridized carbons (Fsp3) is 0.316. The van der Waals surface area contributed by atoms with E-state index in [1.54, 1.807) is 39.2 Å². The van der Waals surface area contributed by atoms with Gasteiger partial charge in [0.25, 0.3) is 5.91 Å². The maximum absolute atomic E-state index is 12.6. The number of hydrogen-bond donors (Lipinski definition) is 1. The molecule has 0 heterocycles. The lowest BCUT2D eigenvalue weighted by Gasteiger charge is -2.21. The van der Waals surface area contributed by atoms with E-state index >= 15 is 0 Å². The minimum Gasteiger partial charge on any atom is -0.380 e. The zero-order valence-corrected chi connectivity index (χ0v) is 16.2. The first-order valence-corrected chi connectivity index (χ1v) is 9.67. The molecule has 0 aliphatic heterocycles. The van der Waals surface area contributed by atoms with Crippen molar-refractivity contribution in [3.8, 4) is 0 Å². The number of anilines is 1. The van der Waals surface area contributed by atoms with Crippen LogP contribution in [-0.2, 0) is 21.4 Å². The molecule has 1 amide bonds. The molecule has 0 radical (unpaired) electrons. The Morgan fingerprint density at radius 2 is 1.85 bits per heavy atom. The van der Waals surface area contributed by atoms with Crippen LogP contribution in [0.15, 0.2) is 53.4 Å². The van der Waals surface area contributed by atoms with Crippen molar-refractivity contribution in [3.05, 3.63) is 59.7 Å². The van der Waals surface area contributed by atoms with Gasteiger partial charge >= 0.3 is 0 Å². The molecule has 0 fully saturated rings. The molecule has 0 aromatic heterocycles. The molecule has 0 aliphatic rings. The van der Waals surface area contributed by atoms with Crippen LogP contribution < -0.4 is 5.32 Å². The maximum atomic E-state index is 12.6. The topological polar surface area (TPSA) is 75.7 Å². The summed E-state index contributed by atoms with van der Waals surface area (Å²) in [4.78, 5) is 12.6. The molecule has 1 N–H and O–H groups in total. The van der Waals surface area contributed by atoms with Crippen LogP contribution in [0.4, 0.5) is 5.69 Å². The second-order valence-electron chi connectivity index (χ2n) is 6.23. The van der Waals surface area contributed by atoms with Gasteiger partial charge in [0.2, 0.25) is 10.0 Å². The zero-order chi connectivity index (χ0) is 19.3. The van der Waals surface area contributed by atoms with Gasteiger partial charge in [-0.25, -0.2) is 8.42 Å². The van der Waals surface area contributed by atoms with Gasteiger partial charge in [0.1, 0.15) is 0 Å². The molecule has 0 bridgehead atoms. The van der Waals surface area contributed by atoms with Gasteiger partial charge in [0.05, 0.1) is 11.5 Å². The van der Waals surface area contributed by atoms with Gasteiger partial charge in [-0.05, 0) is 49.7 Å². The number of amides is 1. The van der Waals surface area contributed by atoms with Gasteiger partial charge < -0.3 is 10.1 Å². The van der Waals surface area contributed by atoms with Crippen molar-refractivity contribution in [1.82, 2.24) is 4.31 Å². The van der Waals surface area contributed by atoms with E-state index in [0.29, 0.717) is 12.3 Å². The minimum atomic E-state index is -3.64. The van der Waals surface area contributed by atoms with Gasteiger partial charge in [-0.1, -0.05) is 18.2 Å². The number of rotatable bonds is 7. The summed E-state index contributed by atoms with van der Waals surface area (Å²) >= 11 is 0. The molecule has 0 unspecified atom stereocenters. The molecule has 0 spiro atoms. The summed E-state index contributed by atoms with van der Waals surface area (Å²) in [7, 11) is -0.520. The van der Waals surface area contributed by atoms with Crippen molar-refractivity contribution >= 4 is 21.6 Å². The first kappa shape index (κ1) is 20.1. The van der Waals surface area contributed by atoms with Crippen LogP contribution >= 0.6 is 0 Å². The average molecular weight is 376 g/mol. The smallest absolute Gasteiger partial charge is 0.255 e. The van der Waals surface area contributed by atoms with Crippen LogP contribution in [0, 0.1) is 0 Å². The van der Waals surface area contributed by atoms with E-state index in [1.165, 1.54) is 23.5 Å². The summed E-state index contributed by atoms with van der Waals surface area (Å²) < 4.78 is 31.6. The largest absolute Gasteiger partial charge is 0.380 e. The van der Waals surface area contributed by atoms with Crippen molar-refractivity contribution < 1.29 is 17.9 Å². The molecule has 0 aliphatic carbocycles. The number of carbonyl (C=O) groups excluding carboxylic acids is 1. The highest BCUT2D eigenvalue weighted by atomic mass is 32.2. The van der Waals surface area contributed by atoms with Crippen molar-refractivity contribution in [2.75, 3.05) is 19.5 Å². The molecule has 6 nitrogen and oxygen atoms in total. The molecule has 2 rings (SSSR count). The predicted octanol–water partition coefficient (Wildman–Crippen LogP) is 3.11. The van der Waals surface area contributed by atoms with Crippen molar-refractivity contribution in [2.24, 2.45) is 0 Å². The molecule has 7 heteroatoms. The molecular formula is C19H24N2O4S. The lowest BCUT2D eigenvalue weighted by atomic mass is 10.2. The highest BCUT2D eigenvalue weighted by Gasteiger charge is 2.23. The van der Waals surface area contributed by atoms with E-state index in [-0.39, 0.29) is 22.4 Å². The third kappa shape index (κ3) is 4.69. The Morgan fingerprint density at radius 3 is 2.50 bits per heavy atom. The van der Waals surface area contributed by atoms with Crippen LogP contribution in [-0.4, -0.2) is 38.8 Å². The number of nitrogens with zero attached hydrogens (tertiary/aromatic N) is 1. The Bertz CT molecular complexity index is 879. The normalized spacial score (nSPS) is 11.8. The van der Waals surface area contributed by atoms with E-state index in [2.05, 4.69) is 5.32 Å². The molecule has 2 aromatic carbocycles. The van der Waals surface area contributed by atoms with Gasteiger partial charge in [-0.3, -0.25) is 4.79 Å². The van der Waals surface area contributed by atoms with E-state index in [4.69, 9.17) is 4.74 Å². The van der Waals surface area contributed by atoms with Crippen LogP contribution in [0.3, 0.4) is 0 Å². The summed E-state index contributed by atoms with van der Waals surface area (Å²) in [5.41, 5.74) is 1.83. The van der Waals surface area contributed by atoms with Crippen LogP contribution in [0.2, 0.25) is 0 Å². The van der Waals surface area contributed by atoms with E-state index in [9.17, 15) is 13.2 Å². The quantitative estimate of drug-likeness (QED) is 0.806. The van der Waals surface area contributed by atoms with Crippen molar-refractivity contribution in [1.29, 1.82) is 0 Å². The fourth-order valence-corrected chi connectivity index (χ4v) is 3.76. The number of sulfonamides is 1. The second-order valence-corrected chi connectivity index (χ2v) is 8.23. The summed E-state index contributed by atoms with van der Waals surface area (Å²) in [5.74, 6) is -0.371. The summed E-state index contributed by atoms with van der Waals surface area (Å²) in [6.07, 6.45) is 0. The Balaban J connectivity index is 2.24. The molecule has 26 heavy (non-hydrogen) atoms. The number of carbonyl (C=O) groups is 1. The molecular weight excluding hydrogens is 352 g/mol. The lowest BCUT2D eigenvalue weighted by molar-refractivity contribution is 0.102. The Labute approximate surface area is 154 Å². The third-order valence-electron chi connectivity index (χ3n) is 4.00. The highest BCUT2D eigenvalue weighted by Crippen LogP contribution is 2.19. The first-order valence-electron chi connectivity index (χ1n) is 8.23. The van der Waals surface area contributed by atoms with E-state index in [0.717, 1.165) is 5.56 Å². The lowest BCUT2D eigenvalue weighted by Crippen LogP contribution is -2.33. The summed E-state index contributed by atoms with van der Waals surface area (Å²) in [6, 6.07) is 13.2. The third-order valence-corrected chi connectivity index (χ3v) is 6.03. The Kier molecular flexibility index (Phi) is 6.52. The average Bonchev–Trinajstić information content (AvgIpc) is 2.61. The minimum absolute atomic E-state index is 0.0921. The first-order chi connectivity index (χ1) is 12.3. The van der Waals surface area contributed by atoms with Crippen molar-refractivity contribution in [2.45, 2.75) is 31.4 Å². The standard InChI is InChI=1S/C19H24N2O4S/c1-14(2)21(3)26(23,24)18-10-6-8-16(12-18)19(22)20-17-9-5-7-15(11-17)13-25-4/h5-12,14H,13H2,1-4H3,(H,20,22). The molecule has 140 valence electrons. The molecule has 0 atom stereocenters. The highest BCUT2D eigenvalue weighted by molar-refractivity contribution is 7.89. The van der Waals surface area contributed by atoms with Crippen LogP contribution in [0.5, 0.6) is 0 Å². The second kappa shape index (κ2) is 8.44. The van der Waals surface area contributed by atoms with Crippen molar-refractivity contribution in [3.63, 3.8) is 0 Å². The van der Waals surface area contributed by atoms with E-state index in [1.807, 2.05) is 18.2 Å². The maximum Gasteiger partial charge on any atom is 0.255 e. The number of nitrogens with one attached hydrogen (secondary N) is 1. The predicted molar refractivity (Wildman–Crippen MR) is 102 cm³/mol. The van der Waals surface area contributed by atoms with Crippen LogP contribution in [0.25, 0.3) is 0 Å². The molecule has 2 aromatic rings. The number of ether oxygens (including phenoxy) is 1. The Hall–Kier alpha value is -2.22. The molecule has 0 saturated heterocycles. The van der Waals surface area contributed by atoms with Crippen LogP contribution in [0.1, 0.15) is 29.8 Å². The van der Waals surface area contributed by atoms with Gasteiger partial charge in [0, 0.05) is 31.5 Å². The number of benzene rings is 2. The fourth-order valence-electron chi connectivity index (χ4n) is 2.35. The number of methoxy groups -OCH3 is 1. The zero-order valence-electron chi connectivity index (χ0n) is 15.4. The van der Waals surface area contributed by atoms with Gasteiger partial charge in [-0.2, -0.15) is 4.31 Å². The van der Waals surface area contributed by atoms with Gasteiger partial charge in [-0.15, -0.1) is 0 Å². The molecule has 0 saturated carbocycles. The van der Waals surface area contributed by atoms with Gasteiger partial charge in [0.15, 0.2) is 0 Å². The summed E-state index contributed by atoms with van der Waals surface area (Å²) in [5, 5.41) is 2.78. The SMILES string of the molecule is COCc1cccc(NC(=O)c2cccc(S(=O)(=O)N(C)C(C)C)c2)c1.